The smallest absolute Gasteiger partial charge is 0.271 e. The number of anilines is 1. The summed E-state index contributed by atoms with van der Waals surface area (Å²) >= 11 is 3.11. The maximum absolute atomic E-state index is 13.3. The quantitative estimate of drug-likeness (QED) is 0.530. The molecular formula is C10H10BrFN2O3. The van der Waals surface area contributed by atoms with Crippen molar-refractivity contribution in [2.45, 2.75) is 18.2 Å². The van der Waals surface area contributed by atoms with Crippen molar-refractivity contribution in [3.63, 3.8) is 0 Å². The largest absolute Gasteiger partial charge is 0.322 e. The van der Waals surface area contributed by atoms with Gasteiger partial charge in [-0.1, -0.05) is 15.9 Å². The molecule has 1 rings (SSSR count). The monoisotopic (exact) mass is 304 g/mol. The molecule has 0 unspecified atom stereocenters. The molecule has 0 saturated carbocycles. The van der Waals surface area contributed by atoms with Crippen LogP contribution in [-0.4, -0.2) is 15.2 Å². The van der Waals surface area contributed by atoms with Gasteiger partial charge in [0, 0.05) is 12.1 Å². The van der Waals surface area contributed by atoms with Gasteiger partial charge in [0.15, 0.2) is 0 Å². The molecule has 1 aromatic rings. The average Bonchev–Trinajstić information content (AvgIpc) is 2.19. The first-order valence-corrected chi connectivity index (χ1v) is 5.45. The molecule has 0 saturated heterocycles. The van der Waals surface area contributed by atoms with E-state index in [0.29, 0.717) is 0 Å². The summed E-state index contributed by atoms with van der Waals surface area (Å²) in [7, 11) is 0. The number of carbonyl (C=O) groups excluding carboxylic acids is 1. The highest BCUT2D eigenvalue weighted by molar-refractivity contribution is 9.10. The Bertz CT molecular complexity index is 471. The van der Waals surface area contributed by atoms with Gasteiger partial charge >= 0.3 is 0 Å². The van der Waals surface area contributed by atoms with Crippen LogP contribution >= 0.6 is 15.9 Å². The molecule has 0 heterocycles. The fourth-order valence-electron chi connectivity index (χ4n) is 0.994. The molecule has 1 N–H and O–H groups in total. The fraction of sp³-hybridized carbons (Fsp3) is 0.300. The Morgan fingerprint density at radius 2 is 2.12 bits per heavy atom. The SMILES string of the molecule is CC(C)(Br)C(=O)Nc1cc([N+](=O)[O-])ccc1F. The Morgan fingerprint density at radius 3 is 2.59 bits per heavy atom. The zero-order valence-electron chi connectivity index (χ0n) is 9.16. The van der Waals surface area contributed by atoms with Gasteiger partial charge in [0.25, 0.3) is 5.69 Å². The minimum atomic E-state index is -0.885. The van der Waals surface area contributed by atoms with Crippen molar-refractivity contribution in [1.82, 2.24) is 0 Å². The van der Waals surface area contributed by atoms with Crippen LogP contribution in [0.1, 0.15) is 13.8 Å². The molecule has 0 aliphatic rings. The van der Waals surface area contributed by atoms with Crippen molar-refractivity contribution in [1.29, 1.82) is 0 Å². The second kappa shape index (κ2) is 4.79. The van der Waals surface area contributed by atoms with Crippen LogP contribution in [0.15, 0.2) is 18.2 Å². The van der Waals surface area contributed by atoms with E-state index in [1.54, 1.807) is 13.8 Å². The normalized spacial score (nSPS) is 11.1. The number of hydrogen-bond acceptors (Lipinski definition) is 3. The average molecular weight is 305 g/mol. The van der Waals surface area contributed by atoms with Gasteiger partial charge in [0.05, 0.1) is 14.9 Å². The van der Waals surface area contributed by atoms with Gasteiger partial charge in [-0.05, 0) is 19.9 Å². The highest BCUT2D eigenvalue weighted by Gasteiger charge is 2.25. The molecule has 1 amide bonds. The molecule has 0 bridgehead atoms. The molecule has 0 atom stereocenters. The number of nitrogens with zero attached hydrogens (tertiary/aromatic N) is 1. The number of rotatable bonds is 3. The standard InChI is InChI=1S/C10H10BrFN2O3/c1-10(2,11)9(15)13-8-5-6(14(16)17)3-4-7(8)12/h3-5H,1-2H3,(H,13,15). The molecule has 0 fully saturated rings. The number of halogens is 2. The Kier molecular flexibility index (Phi) is 3.82. The molecule has 0 aliphatic carbocycles. The minimum Gasteiger partial charge on any atom is -0.322 e. The summed E-state index contributed by atoms with van der Waals surface area (Å²) in [6.45, 7) is 3.16. The maximum atomic E-state index is 13.3. The van der Waals surface area contributed by atoms with Crippen molar-refractivity contribution in [3.05, 3.63) is 34.1 Å². The predicted octanol–water partition coefficient (Wildman–Crippen LogP) is 2.85. The first-order valence-electron chi connectivity index (χ1n) is 4.66. The van der Waals surface area contributed by atoms with Crippen LogP contribution < -0.4 is 5.32 Å². The summed E-state index contributed by atoms with van der Waals surface area (Å²) in [5.41, 5.74) is -0.495. The third-order valence-corrected chi connectivity index (χ3v) is 2.31. The summed E-state index contributed by atoms with van der Waals surface area (Å²) in [6, 6.07) is 2.95. The van der Waals surface area contributed by atoms with E-state index in [9.17, 15) is 19.3 Å². The number of nitro groups is 1. The number of carbonyl (C=O) groups is 1. The van der Waals surface area contributed by atoms with Crippen LogP contribution in [0.3, 0.4) is 0 Å². The minimum absolute atomic E-state index is 0.211. The predicted molar refractivity (Wildman–Crippen MR) is 64.7 cm³/mol. The lowest BCUT2D eigenvalue weighted by Crippen LogP contribution is -2.31. The van der Waals surface area contributed by atoms with E-state index in [4.69, 9.17) is 0 Å². The number of non-ortho nitro benzene ring substituents is 1. The van der Waals surface area contributed by atoms with Gasteiger partial charge in [0.2, 0.25) is 5.91 Å². The van der Waals surface area contributed by atoms with Gasteiger partial charge in [-0.15, -0.1) is 0 Å². The van der Waals surface area contributed by atoms with Gasteiger partial charge in [-0.2, -0.15) is 0 Å². The Labute approximate surface area is 105 Å². The van der Waals surface area contributed by atoms with Crippen LogP contribution in [-0.2, 0) is 4.79 Å². The van der Waals surface area contributed by atoms with Crippen LogP contribution in [0.2, 0.25) is 0 Å². The lowest BCUT2D eigenvalue weighted by Gasteiger charge is -2.15. The number of nitrogens with one attached hydrogen (secondary N) is 1. The number of hydrogen-bond donors (Lipinski definition) is 1. The fourth-order valence-corrected chi connectivity index (χ4v) is 1.09. The van der Waals surface area contributed by atoms with Gasteiger partial charge in [-0.3, -0.25) is 14.9 Å². The zero-order chi connectivity index (χ0) is 13.2. The van der Waals surface area contributed by atoms with E-state index in [0.717, 1.165) is 18.2 Å². The molecule has 0 aromatic heterocycles. The zero-order valence-corrected chi connectivity index (χ0v) is 10.7. The molecule has 0 spiro atoms. The van der Waals surface area contributed by atoms with E-state index < -0.39 is 21.0 Å². The maximum Gasteiger partial charge on any atom is 0.271 e. The number of nitro benzene ring substituents is 1. The van der Waals surface area contributed by atoms with Crippen LogP contribution in [0, 0.1) is 15.9 Å². The van der Waals surface area contributed by atoms with Gasteiger partial charge in [0.1, 0.15) is 5.82 Å². The molecular weight excluding hydrogens is 295 g/mol. The van der Waals surface area contributed by atoms with E-state index in [-0.39, 0.29) is 11.4 Å². The van der Waals surface area contributed by atoms with Crippen molar-refractivity contribution >= 4 is 33.2 Å². The van der Waals surface area contributed by atoms with Crippen LogP contribution in [0.5, 0.6) is 0 Å². The van der Waals surface area contributed by atoms with Crippen LogP contribution in [0.4, 0.5) is 15.8 Å². The summed E-state index contributed by atoms with van der Waals surface area (Å²) in [5, 5.41) is 12.8. The van der Waals surface area contributed by atoms with Crippen molar-refractivity contribution in [2.24, 2.45) is 0 Å². The summed E-state index contributed by atoms with van der Waals surface area (Å²) < 4.78 is 12.4. The van der Waals surface area contributed by atoms with Crippen LogP contribution in [0.25, 0.3) is 0 Å². The topological polar surface area (TPSA) is 72.2 Å². The van der Waals surface area contributed by atoms with E-state index in [2.05, 4.69) is 21.2 Å². The Morgan fingerprint density at radius 1 is 1.53 bits per heavy atom. The molecule has 1 aromatic carbocycles. The summed E-state index contributed by atoms with van der Waals surface area (Å²) in [6.07, 6.45) is 0. The lowest BCUT2D eigenvalue weighted by molar-refractivity contribution is -0.384. The Balaban J connectivity index is 3.02. The molecule has 92 valence electrons. The van der Waals surface area contributed by atoms with E-state index >= 15 is 0 Å². The molecule has 17 heavy (non-hydrogen) atoms. The number of benzene rings is 1. The highest BCUT2D eigenvalue weighted by atomic mass is 79.9. The molecule has 0 aliphatic heterocycles. The first-order chi connectivity index (χ1) is 7.71. The third-order valence-electron chi connectivity index (χ3n) is 1.95. The second-order valence-corrected chi connectivity index (χ2v) is 5.83. The first kappa shape index (κ1) is 13.6. The summed E-state index contributed by atoms with van der Waals surface area (Å²) in [4.78, 5) is 21.4. The summed E-state index contributed by atoms with van der Waals surface area (Å²) in [5.74, 6) is -1.21. The van der Waals surface area contributed by atoms with Crippen molar-refractivity contribution in [3.8, 4) is 0 Å². The second-order valence-electron chi connectivity index (χ2n) is 3.85. The van der Waals surface area contributed by atoms with Crippen molar-refractivity contribution < 1.29 is 14.1 Å². The van der Waals surface area contributed by atoms with E-state index in [1.807, 2.05) is 0 Å². The number of alkyl halides is 1. The van der Waals surface area contributed by atoms with Gasteiger partial charge < -0.3 is 5.32 Å². The Hall–Kier alpha value is -1.50. The molecule has 0 radical (unpaired) electrons. The highest BCUT2D eigenvalue weighted by Crippen LogP contribution is 2.24. The van der Waals surface area contributed by atoms with Crippen molar-refractivity contribution in [2.75, 3.05) is 5.32 Å². The lowest BCUT2D eigenvalue weighted by atomic mass is 10.2. The third kappa shape index (κ3) is 3.48. The molecule has 5 nitrogen and oxygen atoms in total. The van der Waals surface area contributed by atoms with Gasteiger partial charge in [-0.25, -0.2) is 4.39 Å². The number of amides is 1. The molecule has 7 heteroatoms. The van der Waals surface area contributed by atoms with E-state index in [1.165, 1.54) is 0 Å².